The normalized spacial score (nSPS) is 24.1. The Labute approximate surface area is 104 Å². The molecule has 1 saturated carbocycles. The molecule has 0 aromatic carbocycles. The average molecular weight is 239 g/mol. The van der Waals surface area contributed by atoms with Gasteiger partial charge >= 0.3 is 0 Å². The maximum Gasteiger partial charge on any atom is 0.221 e. The third kappa shape index (κ3) is 3.96. The zero-order chi connectivity index (χ0) is 12.1. The summed E-state index contributed by atoms with van der Waals surface area (Å²) in [5.74, 6) is 0.129. The van der Waals surface area contributed by atoms with Gasteiger partial charge in [0, 0.05) is 25.0 Å². The van der Waals surface area contributed by atoms with Gasteiger partial charge in [0.2, 0.25) is 5.91 Å². The van der Waals surface area contributed by atoms with Crippen molar-refractivity contribution in [1.82, 2.24) is 10.2 Å². The van der Waals surface area contributed by atoms with Gasteiger partial charge < -0.3 is 16.0 Å². The molecule has 1 heterocycles. The van der Waals surface area contributed by atoms with Crippen LogP contribution in [0.15, 0.2) is 0 Å². The Balaban J connectivity index is 1.56. The van der Waals surface area contributed by atoms with E-state index >= 15 is 0 Å². The van der Waals surface area contributed by atoms with Gasteiger partial charge in [0.25, 0.3) is 0 Å². The first-order valence-electron chi connectivity index (χ1n) is 6.96. The molecule has 17 heavy (non-hydrogen) atoms. The summed E-state index contributed by atoms with van der Waals surface area (Å²) in [6, 6.07) is 0. The van der Waals surface area contributed by atoms with E-state index in [1.165, 1.54) is 38.8 Å². The number of nitrogens with one attached hydrogen (secondary N) is 1. The maximum atomic E-state index is 11.7. The minimum absolute atomic E-state index is 0.129. The highest BCUT2D eigenvalue weighted by Gasteiger charge is 2.34. The molecule has 0 spiro atoms. The minimum Gasteiger partial charge on any atom is -0.355 e. The number of carbonyl (C=O) groups excluding carboxylic acids is 1. The molecule has 2 fully saturated rings. The van der Waals surface area contributed by atoms with Crippen molar-refractivity contribution in [3.05, 3.63) is 0 Å². The van der Waals surface area contributed by atoms with Gasteiger partial charge in [-0.2, -0.15) is 0 Å². The Morgan fingerprint density at radius 1 is 1.18 bits per heavy atom. The quantitative estimate of drug-likeness (QED) is 0.748. The highest BCUT2D eigenvalue weighted by atomic mass is 16.1. The summed E-state index contributed by atoms with van der Waals surface area (Å²) in [7, 11) is 0. The SMILES string of the molecule is NC1(CC(=O)NCCN2CCCCC2)CCC1. The Hall–Kier alpha value is -0.610. The molecular weight excluding hydrogens is 214 g/mol. The third-order valence-corrected chi connectivity index (χ3v) is 4.06. The first-order valence-corrected chi connectivity index (χ1v) is 6.96. The highest BCUT2D eigenvalue weighted by molar-refractivity contribution is 5.77. The second-order valence-electron chi connectivity index (χ2n) is 5.64. The predicted molar refractivity (Wildman–Crippen MR) is 68.7 cm³/mol. The van der Waals surface area contributed by atoms with Crippen LogP contribution in [0, 0.1) is 0 Å². The molecule has 1 saturated heterocycles. The van der Waals surface area contributed by atoms with Crippen molar-refractivity contribution in [3.8, 4) is 0 Å². The lowest BCUT2D eigenvalue weighted by Crippen LogP contribution is -2.50. The van der Waals surface area contributed by atoms with Gasteiger partial charge in [-0.1, -0.05) is 6.42 Å². The summed E-state index contributed by atoms with van der Waals surface area (Å²) in [5, 5.41) is 2.99. The molecule has 1 aliphatic carbocycles. The smallest absolute Gasteiger partial charge is 0.221 e. The molecule has 4 nitrogen and oxygen atoms in total. The maximum absolute atomic E-state index is 11.7. The van der Waals surface area contributed by atoms with Crippen molar-refractivity contribution in [2.75, 3.05) is 26.2 Å². The Morgan fingerprint density at radius 2 is 1.88 bits per heavy atom. The molecule has 0 aromatic heterocycles. The summed E-state index contributed by atoms with van der Waals surface area (Å²) in [4.78, 5) is 14.1. The number of piperidine rings is 1. The van der Waals surface area contributed by atoms with E-state index in [4.69, 9.17) is 5.73 Å². The van der Waals surface area contributed by atoms with Gasteiger partial charge in [0.1, 0.15) is 0 Å². The number of amides is 1. The molecule has 2 rings (SSSR count). The second kappa shape index (κ2) is 5.83. The molecule has 1 aliphatic heterocycles. The van der Waals surface area contributed by atoms with E-state index in [0.29, 0.717) is 6.42 Å². The average Bonchev–Trinajstić information content (AvgIpc) is 2.28. The van der Waals surface area contributed by atoms with Crippen LogP contribution in [0.5, 0.6) is 0 Å². The van der Waals surface area contributed by atoms with E-state index in [-0.39, 0.29) is 11.4 Å². The fraction of sp³-hybridized carbons (Fsp3) is 0.923. The molecule has 1 amide bonds. The molecule has 0 bridgehead atoms. The van der Waals surface area contributed by atoms with Crippen molar-refractivity contribution < 1.29 is 4.79 Å². The van der Waals surface area contributed by atoms with Gasteiger partial charge in [-0.25, -0.2) is 0 Å². The lowest BCUT2D eigenvalue weighted by molar-refractivity contribution is -0.123. The van der Waals surface area contributed by atoms with Crippen molar-refractivity contribution in [2.24, 2.45) is 5.73 Å². The van der Waals surface area contributed by atoms with Crippen LogP contribution in [0.25, 0.3) is 0 Å². The molecule has 98 valence electrons. The second-order valence-corrected chi connectivity index (χ2v) is 5.64. The first kappa shape index (κ1) is 12.8. The van der Waals surface area contributed by atoms with E-state index in [0.717, 1.165) is 25.9 Å². The molecule has 0 aromatic rings. The minimum atomic E-state index is -0.185. The van der Waals surface area contributed by atoms with Gasteiger partial charge in [0.05, 0.1) is 0 Å². The lowest BCUT2D eigenvalue weighted by Gasteiger charge is -2.37. The van der Waals surface area contributed by atoms with Gasteiger partial charge in [-0.05, 0) is 45.2 Å². The summed E-state index contributed by atoms with van der Waals surface area (Å²) in [6.45, 7) is 4.14. The largest absolute Gasteiger partial charge is 0.355 e. The van der Waals surface area contributed by atoms with Crippen molar-refractivity contribution in [1.29, 1.82) is 0 Å². The van der Waals surface area contributed by atoms with E-state index < -0.39 is 0 Å². The molecule has 0 unspecified atom stereocenters. The zero-order valence-corrected chi connectivity index (χ0v) is 10.7. The fourth-order valence-corrected chi connectivity index (χ4v) is 2.73. The number of rotatable bonds is 5. The number of hydrogen-bond donors (Lipinski definition) is 2. The number of nitrogens with zero attached hydrogens (tertiary/aromatic N) is 1. The van der Waals surface area contributed by atoms with Crippen molar-refractivity contribution >= 4 is 5.91 Å². The highest BCUT2D eigenvalue weighted by Crippen LogP contribution is 2.31. The number of nitrogens with two attached hydrogens (primary N) is 1. The Morgan fingerprint density at radius 3 is 2.47 bits per heavy atom. The van der Waals surface area contributed by atoms with Gasteiger partial charge in [0.15, 0.2) is 0 Å². The van der Waals surface area contributed by atoms with E-state index in [1.54, 1.807) is 0 Å². The van der Waals surface area contributed by atoms with Crippen molar-refractivity contribution in [2.45, 2.75) is 50.5 Å². The van der Waals surface area contributed by atoms with Gasteiger partial charge in [-0.15, -0.1) is 0 Å². The standard InChI is InChI=1S/C13H25N3O/c14-13(5-4-6-13)11-12(17)15-7-10-16-8-2-1-3-9-16/h1-11,14H2,(H,15,17). The number of likely N-dealkylation sites (tertiary alicyclic amines) is 1. The van der Waals surface area contributed by atoms with Crippen LogP contribution in [0.4, 0.5) is 0 Å². The van der Waals surface area contributed by atoms with Crippen LogP contribution < -0.4 is 11.1 Å². The molecule has 0 atom stereocenters. The lowest BCUT2D eigenvalue weighted by atomic mass is 9.75. The van der Waals surface area contributed by atoms with E-state index in [9.17, 15) is 4.79 Å². The van der Waals surface area contributed by atoms with Crippen LogP contribution in [0.1, 0.15) is 44.9 Å². The van der Waals surface area contributed by atoms with Crippen LogP contribution >= 0.6 is 0 Å². The summed E-state index contributed by atoms with van der Waals surface area (Å²) in [5.41, 5.74) is 5.86. The van der Waals surface area contributed by atoms with Crippen LogP contribution in [0.3, 0.4) is 0 Å². The Bertz CT molecular complexity index is 257. The van der Waals surface area contributed by atoms with Gasteiger partial charge in [-0.3, -0.25) is 4.79 Å². The zero-order valence-electron chi connectivity index (χ0n) is 10.7. The first-order chi connectivity index (χ1) is 8.18. The summed E-state index contributed by atoms with van der Waals surface area (Å²) < 4.78 is 0. The molecule has 2 aliphatic rings. The number of carbonyl (C=O) groups is 1. The molecule has 3 N–H and O–H groups in total. The van der Waals surface area contributed by atoms with E-state index in [1.807, 2.05) is 0 Å². The third-order valence-electron chi connectivity index (χ3n) is 4.06. The van der Waals surface area contributed by atoms with E-state index in [2.05, 4.69) is 10.2 Å². The predicted octanol–water partition coefficient (Wildman–Crippen LogP) is 0.860. The molecule has 4 heteroatoms. The van der Waals surface area contributed by atoms with Crippen LogP contribution in [-0.2, 0) is 4.79 Å². The molecule has 0 radical (unpaired) electrons. The summed E-state index contributed by atoms with van der Waals surface area (Å²) >= 11 is 0. The van der Waals surface area contributed by atoms with Crippen molar-refractivity contribution in [3.63, 3.8) is 0 Å². The Kier molecular flexibility index (Phi) is 4.40. The molecular formula is C13H25N3O. The monoisotopic (exact) mass is 239 g/mol. The number of hydrogen-bond acceptors (Lipinski definition) is 3. The fourth-order valence-electron chi connectivity index (χ4n) is 2.73. The van der Waals surface area contributed by atoms with Crippen LogP contribution in [-0.4, -0.2) is 42.5 Å². The van der Waals surface area contributed by atoms with Crippen LogP contribution in [0.2, 0.25) is 0 Å². The topological polar surface area (TPSA) is 58.4 Å². The summed E-state index contributed by atoms with van der Waals surface area (Å²) in [6.07, 6.45) is 7.67.